The van der Waals surface area contributed by atoms with Gasteiger partial charge in [0.2, 0.25) is 5.95 Å². The molecule has 210 valence electrons. The van der Waals surface area contributed by atoms with E-state index in [1.54, 1.807) is 41.4 Å². The van der Waals surface area contributed by atoms with E-state index in [4.69, 9.17) is 22.3 Å². The molecule has 3 aromatic carbocycles. The van der Waals surface area contributed by atoms with Crippen LogP contribution in [-0.4, -0.2) is 45.9 Å². The van der Waals surface area contributed by atoms with Crippen LogP contribution < -0.4 is 16.0 Å². The molecule has 0 saturated carbocycles. The molecule has 0 radical (unpaired) electrons. The van der Waals surface area contributed by atoms with Gasteiger partial charge in [0.05, 0.1) is 11.4 Å². The van der Waals surface area contributed by atoms with Gasteiger partial charge in [-0.15, -0.1) is 0 Å². The molecule has 0 atom stereocenters. The summed E-state index contributed by atoms with van der Waals surface area (Å²) in [4.78, 5) is 25.7. The van der Waals surface area contributed by atoms with Crippen molar-refractivity contribution < 1.29 is 13.6 Å². The number of aromatic nitrogens is 2. The van der Waals surface area contributed by atoms with Crippen molar-refractivity contribution in [1.82, 2.24) is 14.9 Å². The number of para-hydroxylation sites is 1. The van der Waals surface area contributed by atoms with Crippen LogP contribution in [0.25, 0.3) is 11.3 Å². The molecule has 3 heterocycles. The van der Waals surface area contributed by atoms with Gasteiger partial charge in [-0.2, -0.15) is 0 Å². The van der Waals surface area contributed by atoms with Gasteiger partial charge in [-0.1, -0.05) is 17.7 Å². The highest BCUT2D eigenvalue weighted by molar-refractivity contribution is 6.31. The third kappa shape index (κ3) is 5.47. The average Bonchev–Trinajstić information content (AvgIpc) is 3.10. The molecule has 7 nitrogen and oxygen atoms in total. The molecule has 0 bridgehead atoms. The molecule has 10 heteroatoms. The number of nitrogens with two attached hydrogens (primary N) is 1. The van der Waals surface area contributed by atoms with Gasteiger partial charge in [0.1, 0.15) is 17.3 Å². The standard InChI is InChI=1S/C31H29ClF2N6O/c1-31(35)12-15-39(16-13-31)29(41)19-5-8-22(9-6-19)37-30-36-18-20-11-14-40(28-24(33)3-2-4-25(28)34)26-17-21(32)7-10-23(26)27(20)38-30/h2-10,17-18H,11-16,35H2,1H3,(H,36,37,38). The van der Waals surface area contributed by atoms with Crippen LogP contribution >= 0.6 is 11.6 Å². The first kappa shape index (κ1) is 27.1. The predicted molar refractivity (Wildman–Crippen MR) is 157 cm³/mol. The fourth-order valence-corrected chi connectivity index (χ4v) is 5.54. The summed E-state index contributed by atoms with van der Waals surface area (Å²) in [6, 6.07) is 16.2. The zero-order valence-corrected chi connectivity index (χ0v) is 23.3. The van der Waals surface area contributed by atoms with Crippen molar-refractivity contribution in [3.05, 3.63) is 94.6 Å². The highest BCUT2D eigenvalue weighted by atomic mass is 35.5. The molecule has 3 N–H and O–H groups in total. The number of halogens is 3. The highest BCUT2D eigenvalue weighted by Gasteiger charge is 2.29. The summed E-state index contributed by atoms with van der Waals surface area (Å²) in [7, 11) is 0. The monoisotopic (exact) mass is 574 g/mol. The van der Waals surface area contributed by atoms with Crippen molar-refractivity contribution in [1.29, 1.82) is 0 Å². The second kappa shape index (κ2) is 10.7. The number of anilines is 4. The van der Waals surface area contributed by atoms with Crippen LogP contribution in [0.15, 0.2) is 66.9 Å². The first-order valence-corrected chi connectivity index (χ1v) is 13.9. The maximum absolute atomic E-state index is 14.8. The van der Waals surface area contributed by atoms with E-state index in [-0.39, 0.29) is 17.1 Å². The van der Waals surface area contributed by atoms with Crippen molar-refractivity contribution in [2.24, 2.45) is 5.73 Å². The number of hydrogen-bond donors (Lipinski definition) is 2. The van der Waals surface area contributed by atoms with Gasteiger partial charge in [-0.25, -0.2) is 18.7 Å². The molecule has 1 aromatic heterocycles. The van der Waals surface area contributed by atoms with Gasteiger partial charge in [0, 0.05) is 53.2 Å². The summed E-state index contributed by atoms with van der Waals surface area (Å²) in [6.07, 6.45) is 3.74. The summed E-state index contributed by atoms with van der Waals surface area (Å²) in [5.41, 5.74) is 9.90. The Morgan fingerprint density at radius 1 is 1.02 bits per heavy atom. The minimum absolute atomic E-state index is 0.0144. The topological polar surface area (TPSA) is 87.4 Å². The third-order valence-corrected chi connectivity index (χ3v) is 8.00. The van der Waals surface area contributed by atoms with Crippen LogP contribution in [0.1, 0.15) is 35.7 Å². The molecule has 0 spiro atoms. The summed E-state index contributed by atoms with van der Waals surface area (Å²) in [5, 5.41) is 3.65. The SMILES string of the molecule is CC1(N)CCN(C(=O)c2ccc(Nc3ncc4c(n3)-c3ccc(Cl)cc3N(c3c(F)cccc3F)CC4)cc2)CC1. The Bertz CT molecular complexity index is 1600. The molecular formula is C31H29ClF2N6O. The summed E-state index contributed by atoms with van der Waals surface area (Å²) < 4.78 is 29.7. The molecule has 2 aliphatic rings. The zero-order chi connectivity index (χ0) is 28.7. The number of piperidine rings is 1. The molecule has 1 saturated heterocycles. The largest absolute Gasteiger partial charge is 0.339 e. The number of nitrogens with one attached hydrogen (secondary N) is 1. The van der Waals surface area contributed by atoms with E-state index in [9.17, 15) is 13.6 Å². The lowest BCUT2D eigenvalue weighted by Gasteiger charge is -2.36. The van der Waals surface area contributed by atoms with Gasteiger partial charge in [0.25, 0.3) is 5.91 Å². The molecule has 1 amide bonds. The number of benzene rings is 3. The Morgan fingerprint density at radius 3 is 2.44 bits per heavy atom. The van der Waals surface area contributed by atoms with Crippen molar-refractivity contribution in [2.75, 3.05) is 29.9 Å². The van der Waals surface area contributed by atoms with Crippen LogP contribution in [-0.2, 0) is 6.42 Å². The Morgan fingerprint density at radius 2 is 1.73 bits per heavy atom. The Balaban J connectivity index is 1.26. The summed E-state index contributed by atoms with van der Waals surface area (Å²) in [6.45, 7) is 3.61. The van der Waals surface area contributed by atoms with E-state index in [2.05, 4.69) is 10.3 Å². The number of hydrogen-bond acceptors (Lipinski definition) is 6. The maximum atomic E-state index is 14.8. The molecular weight excluding hydrogens is 546 g/mol. The molecule has 41 heavy (non-hydrogen) atoms. The molecule has 0 aliphatic carbocycles. The number of carbonyl (C=O) groups is 1. The highest BCUT2D eigenvalue weighted by Crippen LogP contribution is 2.42. The van der Waals surface area contributed by atoms with Crippen LogP contribution in [0.4, 0.5) is 31.8 Å². The second-order valence-electron chi connectivity index (χ2n) is 10.8. The van der Waals surface area contributed by atoms with Crippen molar-refractivity contribution in [3.8, 4) is 11.3 Å². The van der Waals surface area contributed by atoms with Crippen LogP contribution in [0.2, 0.25) is 5.02 Å². The summed E-state index contributed by atoms with van der Waals surface area (Å²) >= 11 is 6.33. The lowest BCUT2D eigenvalue weighted by molar-refractivity contribution is 0.0681. The lowest BCUT2D eigenvalue weighted by Crippen LogP contribution is -2.49. The van der Waals surface area contributed by atoms with E-state index < -0.39 is 11.6 Å². The van der Waals surface area contributed by atoms with E-state index in [0.717, 1.165) is 24.1 Å². The van der Waals surface area contributed by atoms with Crippen LogP contribution in [0.5, 0.6) is 0 Å². The lowest BCUT2D eigenvalue weighted by atomic mass is 9.91. The van der Waals surface area contributed by atoms with E-state index in [0.29, 0.717) is 59.5 Å². The molecule has 0 unspecified atom stereocenters. The van der Waals surface area contributed by atoms with Gasteiger partial charge in [-0.3, -0.25) is 4.79 Å². The van der Waals surface area contributed by atoms with Gasteiger partial charge in [-0.05, 0) is 86.3 Å². The minimum atomic E-state index is -0.657. The van der Waals surface area contributed by atoms with Gasteiger partial charge >= 0.3 is 0 Å². The average molecular weight is 575 g/mol. The second-order valence-corrected chi connectivity index (χ2v) is 11.3. The number of fused-ring (bicyclic) bond motifs is 3. The molecule has 6 rings (SSSR count). The number of rotatable bonds is 4. The van der Waals surface area contributed by atoms with Crippen molar-refractivity contribution in [2.45, 2.75) is 31.7 Å². The normalized spacial score (nSPS) is 16.0. The third-order valence-electron chi connectivity index (χ3n) is 7.76. The zero-order valence-electron chi connectivity index (χ0n) is 22.5. The summed E-state index contributed by atoms with van der Waals surface area (Å²) in [5.74, 6) is -0.974. The number of carbonyl (C=O) groups excluding carboxylic acids is 1. The number of amides is 1. The van der Waals surface area contributed by atoms with E-state index >= 15 is 0 Å². The van der Waals surface area contributed by atoms with E-state index in [1.165, 1.54) is 18.2 Å². The Labute approximate surface area is 242 Å². The van der Waals surface area contributed by atoms with Crippen molar-refractivity contribution in [3.63, 3.8) is 0 Å². The number of likely N-dealkylation sites (tertiary alicyclic amines) is 1. The quantitative estimate of drug-likeness (QED) is 0.291. The first-order valence-electron chi connectivity index (χ1n) is 13.5. The van der Waals surface area contributed by atoms with Crippen molar-refractivity contribution >= 4 is 40.5 Å². The van der Waals surface area contributed by atoms with Crippen LogP contribution in [0, 0.1) is 11.6 Å². The molecule has 4 aromatic rings. The first-order chi connectivity index (χ1) is 19.7. The van der Waals surface area contributed by atoms with Gasteiger partial charge < -0.3 is 20.9 Å². The number of nitrogens with zero attached hydrogens (tertiary/aromatic N) is 4. The molecule has 2 aliphatic heterocycles. The molecule has 1 fully saturated rings. The Kier molecular flexibility index (Phi) is 7.09. The smallest absolute Gasteiger partial charge is 0.253 e. The van der Waals surface area contributed by atoms with Crippen LogP contribution in [0.3, 0.4) is 0 Å². The fourth-order valence-electron chi connectivity index (χ4n) is 5.37. The fraction of sp³-hybridized carbons (Fsp3) is 0.258. The van der Waals surface area contributed by atoms with E-state index in [1.807, 2.05) is 24.0 Å². The predicted octanol–water partition coefficient (Wildman–Crippen LogP) is 6.47. The van der Waals surface area contributed by atoms with Gasteiger partial charge in [0.15, 0.2) is 0 Å². The maximum Gasteiger partial charge on any atom is 0.253 e. The minimum Gasteiger partial charge on any atom is -0.339 e. The Hall–Kier alpha value is -4.08.